The van der Waals surface area contributed by atoms with E-state index in [9.17, 15) is 14.9 Å². The van der Waals surface area contributed by atoms with Gasteiger partial charge in [-0.15, -0.1) is 0 Å². The van der Waals surface area contributed by atoms with Crippen LogP contribution in [0.5, 0.6) is 0 Å². The highest BCUT2D eigenvalue weighted by molar-refractivity contribution is 6.12. The predicted octanol–water partition coefficient (Wildman–Crippen LogP) is 3.88. The van der Waals surface area contributed by atoms with Crippen molar-refractivity contribution in [2.75, 3.05) is 5.32 Å². The van der Waals surface area contributed by atoms with E-state index in [-0.39, 0.29) is 11.6 Å². The molecule has 1 fully saturated rings. The number of fused-ring (bicyclic) bond motifs is 1. The van der Waals surface area contributed by atoms with Crippen LogP contribution in [-0.2, 0) is 0 Å². The second kappa shape index (κ2) is 5.91. The van der Waals surface area contributed by atoms with Crippen LogP contribution in [0.15, 0.2) is 28.8 Å². The average molecular weight is 352 g/mol. The van der Waals surface area contributed by atoms with Gasteiger partial charge in [0, 0.05) is 28.9 Å². The van der Waals surface area contributed by atoms with Gasteiger partial charge in [0.15, 0.2) is 0 Å². The Morgan fingerprint density at radius 2 is 2.08 bits per heavy atom. The van der Waals surface area contributed by atoms with Crippen molar-refractivity contribution in [3.8, 4) is 0 Å². The molecule has 1 amide bonds. The van der Waals surface area contributed by atoms with Crippen LogP contribution in [0.2, 0.25) is 0 Å². The number of hydrogen-bond donors (Lipinski definition) is 1. The van der Waals surface area contributed by atoms with Crippen molar-refractivity contribution in [1.29, 1.82) is 0 Å². The van der Waals surface area contributed by atoms with Crippen molar-refractivity contribution in [3.05, 3.63) is 56.9 Å². The highest BCUT2D eigenvalue weighted by atomic mass is 16.6. The fraction of sp³-hybridized carbons (Fsp3) is 0.278. The lowest BCUT2D eigenvalue weighted by molar-refractivity contribution is -0.385. The van der Waals surface area contributed by atoms with Gasteiger partial charge < -0.3 is 9.84 Å². The third kappa shape index (κ3) is 2.79. The van der Waals surface area contributed by atoms with Gasteiger partial charge in [-0.1, -0.05) is 11.2 Å². The molecule has 1 aliphatic rings. The maximum absolute atomic E-state index is 12.9. The standard InChI is InChI=1S/C18H16N4O4/c1-9-3-6-12(7-15(9)22(24)25)19-17(23)13-8-14(11-4-5-11)20-18-16(13)10(2)21-26-18/h3,6-8,11H,4-5H2,1-2H3,(H,19,23). The number of nitro groups is 1. The fourth-order valence-corrected chi connectivity index (χ4v) is 2.96. The molecule has 2 aromatic heterocycles. The number of carbonyl (C=O) groups is 1. The van der Waals surface area contributed by atoms with E-state index >= 15 is 0 Å². The van der Waals surface area contributed by atoms with Crippen molar-refractivity contribution in [1.82, 2.24) is 10.1 Å². The third-order valence-electron chi connectivity index (χ3n) is 4.54. The summed E-state index contributed by atoms with van der Waals surface area (Å²) in [5.74, 6) is -0.0273. The molecule has 4 rings (SSSR count). The molecular weight excluding hydrogens is 336 g/mol. The zero-order valence-corrected chi connectivity index (χ0v) is 14.3. The van der Waals surface area contributed by atoms with E-state index in [1.54, 1.807) is 32.0 Å². The molecule has 8 nitrogen and oxygen atoms in total. The van der Waals surface area contributed by atoms with Crippen molar-refractivity contribution in [3.63, 3.8) is 0 Å². The molecule has 26 heavy (non-hydrogen) atoms. The molecule has 1 aromatic carbocycles. The lowest BCUT2D eigenvalue weighted by Gasteiger charge is -2.08. The Morgan fingerprint density at radius 1 is 1.31 bits per heavy atom. The van der Waals surface area contributed by atoms with Crippen LogP contribution in [0.1, 0.15) is 46.1 Å². The number of amides is 1. The molecule has 132 valence electrons. The van der Waals surface area contributed by atoms with Gasteiger partial charge in [-0.2, -0.15) is 0 Å². The summed E-state index contributed by atoms with van der Waals surface area (Å²) in [5, 5.41) is 18.3. The number of aryl methyl sites for hydroxylation is 2. The molecule has 0 radical (unpaired) electrons. The van der Waals surface area contributed by atoms with E-state index in [0.717, 1.165) is 18.5 Å². The summed E-state index contributed by atoms with van der Waals surface area (Å²) >= 11 is 0. The zero-order valence-electron chi connectivity index (χ0n) is 14.3. The molecule has 0 spiro atoms. The van der Waals surface area contributed by atoms with Crippen molar-refractivity contribution in [2.24, 2.45) is 0 Å². The molecule has 0 atom stereocenters. The van der Waals surface area contributed by atoms with Gasteiger partial charge in [-0.05, 0) is 38.8 Å². The van der Waals surface area contributed by atoms with Crippen LogP contribution in [0.3, 0.4) is 0 Å². The molecule has 2 heterocycles. The first kappa shape index (κ1) is 16.2. The molecule has 0 saturated heterocycles. The number of anilines is 1. The third-order valence-corrected chi connectivity index (χ3v) is 4.54. The van der Waals surface area contributed by atoms with Crippen LogP contribution in [0.25, 0.3) is 11.1 Å². The largest absolute Gasteiger partial charge is 0.336 e. The van der Waals surface area contributed by atoms with Gasteiger partial charge in [-0.3, -0.25) is 14.9 Å². The number of aromatic nitrogens is 2. The molecule has 8 heteroatoms. The van der Waals surface area contributed by atoms with Crippen LogP contribution >= 0.6 is 0 Å². The van der Waals surface area contributed by atoms with E-state index in [1.165, 1.54) is 6.07 Å². The Morgan fingerprint density at radius 3 is 2.77 bits per heavy atom. The van der Waals surface area contributed by atoms with Gasteiger partial charge >= 0.3 is 0 Å². The molecule has 0 bridgehead atoms. The van der Waals surface area contributed by atoms with Gasteiger partial charge in [0.25, 0.3) is 17.3 Å². The Kier molecular flexibility index (Phi) is 3.68. The van der Waals surface area contributed by atoms with Crippen molar-refractivity contribution >= 4 is 28.4 Å². The number of rotatable bonds is 4. The summed E-state index contributed by atoms with van der Waals surface area (Å²) in [6.45, 7) is 3.40. The molecular formula is C18H16N4O4. The summed E-state index contributed by atoms with van der Waals surface area (Å²) in [6, 6.07) is 6.37. The molecule has 0 aliphatic heterocycles. The number of nitro benzene ring substituents is 1. The average Bonchev–Trinajstić information content (AvgIpc) is 3.39. The van der Waals surface area contributed by atoms with Gasteiger partial charge in [0.2, 0.25) is 0 Å². The highest BCUT2D eigenvalue weighted by Gasteiger charge is 2.28. The molecule has 3 aromatic rings. The number of benzene rings is 1. The fourth-order valence-electron chi connectivity index (χ4n) is 2.96. The number of nitrogens with zero attached hydrogens (tertiary/aromatic N) is 3. The van der Waals surface area contributed by atoms with Crippen molar-refractivity contribution in [2.45, 2.75) is 32.6 Å². The minimum absolute atomic E-state index is 0.0393. The second-order valence-corrected chi connectivity index (χ2v) is 6.53. The SMILES string of the molecule is Cc1ccc(NC(=O)c2cc(C3CC3)nc3onc(C)c23)cc1[N+](=O)[O-]. The number of carbonyl (C=O) groups excluding carboxylic acids is 1. The zero-order chi connectivity index (χ0) is 18.4. The van der Waals surface area contributed by atoms with Gasteiger partial charge in [0.05, 0.1) is 21.6 Å². The van der Waals surface area contributed by atoms with Crippen LogP contribution in [0, 0.1) is 24.0 Å². The van der Waals surface area contributed by atoms with Crippen molar-refractivity contribution < 1.29 is 14.2 Å². The summed E-state index contributed by atoms with van der Waals surface area (Å²) in [7, 11) is 0. The second-order valence-electron chi connectivity index (χ2n) is 6.53. The Labute approximate surface area is 148 Å². The maximum Gasteiger partial charge on any atom is 0.274 e. The Hall–Kier alpha value is -3.29. The molecule has 1 N–H and O–H groups in total. The molecule has 1 saturated carbocycles. The van der Waals surface area contributed by atoms with E-state index in [2.05, 4.69) is 15.5 Å². The minimum atomic E-state index is -0.467. The van der Waals surface area contributed by atoms with Gasteiger partial charge in [0.1, 0.15) is 0 Å². The van der Waals surface area contributed by atoms with E-state index in [1.807, 2.05) is 0 Å². The Bertz CT molecular complexity index is 1050. The summed E-state index contributed by atoms with van der Waals surface area (Å²) in [6.07, 6.45) is 2.08. The molecule has 1 aliphatic carbocycles. The normalized spacial score (nSPS) is 13.8. The first-order valence-corrected chi connectivity index (χ1v) is 8.27. The molecule has 0 unspecified atom stereocenters. The van der Waals surface area contributed by atoms with Crippen LogP contribution in [-0.4, -0.2) is 21.0 Å². The quantitative estimate of drug-likeness (QED) is 0.563. The maximum atomic E-state index is 12.9. The van der Waals surface area contributed by atoms with Gasteiger partial charge in [-0.25, -0.2) is 4.98 Å². The highest BCUT2D eigenvalue weighted by Crippen LogP contribution is 2.40. The number of nitrogens with one attached hydrogen (secondary N) is 1. The Balaban J connectivity index is 1.73. The van der Waals surface area contributed by atoms with E-state index < -0.39 is 4.92 Å². The summed E-state index contributed by atoms with van der Waals surface area (Å²) in [4.78, 5) is 28.0. The van der Waals surface area contributed by atoms with E-state index in [4.69, 9.17) is 4.52 Å². The smallest absolute Gasteiger partial charge is 0.274 e. The first-order valence-electron chi connectivity index (χ1n) is 8.27. The lowest BCUT2D eigenvalue weighted by Crippen LogP contribution is -2.13. The topological polar surface area (TPSA) is 111 Å². The van der Waals surface area contributed by atoms with Crippen LogP contribution < -0.4 is 5.32 Å². The summed E-state index contributed by atoms with van der Waals surface area (Å²) in [5.41, 5.74) is 3.00. The predicted molar refractivity (Wildman–Crippen MR) is 94.3 cm³/mol. The minimum Gasteiger partial charge on any atom is -0.336 e. The summed E-state index contributed by atoms with van der Waals surface area (Å²) < 4.78 is 5.24. The number of pyridine rings is 1. The first-order chi connectivity index (χ1) is 12.4. The number of hydrogen-bond acceptors (Lipinski definition) is 6. The van der Waals surface area contributed by atoms with E-state index in [0.29, 0.717) is 39.5 Å². The monoisotopic (exact) mass is 352 g/mol. The lowest BCUT2D eigenvalue weighted by atomic mass is 10.1. The van der Waals surface area contributed by atoms with Crippen LogP contribution in [0.4, 0.5) is 11.4 Å².